The maximum absolute atomic E-state index is 14.6. The third kappa shape index (κ3) is 5.82. The Balaban J connectivity index is 1.31. The van der Waals surface area contributed by atoms with Crippen molar-refractivity contribution in [3.63, 3.8) is 0 Å². The first kappa shape index (κ1) is 27.7. The fourth-order valence-corrected chi connectivity index (χ4v) is 6.96. The molecule has 10 heteroatoms. The Kier molecular flexibility index (Phi) is 7.98. The molecule has 0 amide bonds. The predicted molar refractivity (Wildman–Crippen MR) is 154 cm³/mol. The fourth-order valence-electron chi connectivity index (χ4n) is 6.96. The lowest BCUT2D eigenvalue weighted by atomic mass is 10.0. The lowest BCUT2D eigenvalue weighted by Crippen LogP contribution is -2.51. The zero-order valence-electron chi connectivity index (χ0n) is 24.1. The van der Waals surface area contributed by atoms with Crippen LogP contribution in [0.5, 0.6) is 6.01 Å². The first-order valence-corrected chi connectivity index (χ1v) is 14.9. The van der Waals surface area contributed by atoms with Gasteiger partial charge in [0.05, 0.1) is 30.8 Å². The number of ether oxygens (including phenoxy) is 1. The molecule has 4 aliphatic rings. The van der Waals surface area contributed by atoms with Crippen LogP contribution in [0.4, 0.5) is 20.3 Å². The van der Waals surface area contributed by atoms with Gasteiger partial charge in [0.15, 0.2) is 0 Å². The molecule has 1 aromatic carbocycles. The average molecular weight is 564 g/mol. The molecule has 0 unspecified atom stereocenters. The van der Waals surface area contributed by atoms with E-state index in [1.54, 1.807) is 12.1 Å². The second-order valence-electron chi connectivity index (χ2n) is 11.8. The normalized spacial score (nSPS) is 23.0. The number of nitrogens with zero attached hydrogens (tertiary/aromatic N) is 7. The maximum atomic E-state index is 14.6. The Morgan fingerprint density at radius 1 is 1.07 bits per heavy atom. The van der Waals surface area contributed by atoms with Gasteiger partial charge < -0.3 is 24.3 Å². The van der Waals surface area contributed by atoms with Crippen LogP contribution >= 0.6 is 0 Å². The first-order valence-electron chi connectivity index (χ1n) is 14.9. The van der Waals surface area contributed by atoms with E-state index in [0.717, 1.165) is 79.9 Å². The minimum Gasteiger partial charge on any atom is -0.462 e. The Bertz CT molecular complexity index is 1350. The van der Waals surface area contributed by atoms with E-state index < -0.39 is 0 Å². The summed E-state index contributed by atoms with van der Waals surface area (Å²) in [5.41, 5.74) is 5.36. The molecule has 41 heavy (non-hydrogen) atoms. The number of piperazine rings is 1. The molecule has 6 rings (SSSR count). The largest absolute Gasteiger partial charge is 0.462 e. The van der Waals surface area contributed by atoms with Gasteiger partial charge in [-0.3, -0.25) is 0 Å². The highest BCUT2D eigenvalue weighted by Crippen LogP contribution is 2.37. The fraction of sp³-hybridized carbons (Fsp3) is 0.581. The van der Waals surface area contributed by atoms with E-state index in [0.29, 0.717) is 51.3 Å². The standard InChI is InChI=1S/C31H39F2N7O/c1-21(32)17-38-13-14-40(18-24(38)8-10-34)30-27-9-12-39(29-16-23(33)15-22-5-3-7-26(22)29)19-28(27)35-31(36-30)41-20-25-6-4-11-37(25)2/h15-17,24-25H,3-9,11-14,18-20H2,1-2H3/t24-,25-/m0/s1. The van der Waals surface area contributed by atoms with Crippen molar-refractivity contribution >= 4 is 11.5 Å². The summed E-state index contributed by atoms with van der Waals surface area (Å²) in [6.45, 7) is 6.14. The Morgan fingerprint density at radius 2 is 1.95 bits per heavy atom. The molecule has 1 aliphatic carbocycles. The van der Waals surface area contributed by atoms with Gasteiger partial charge >= 0.3 is 6.01 Å². The summed E-state index contributed by atoms with van der Waals surface area (Å²) in [7, 11) is 2.12. The van der Waals surface area contributed by atoms with E-state index in [1.807, 2.05) is 4.90 Å². The lowest BCUT2D eigenvalue weighted by molar-refractivity contribution is 0.187. The van der Waals surface area contributed by atoms with E-state index in [4.69, 9.17) is 14.7 Å². The lowest BCUT2D eigenvalue weighted by Gasteiger charge is -2.42. The molecule has 218 valence electrons. The monoisotopic (exact) mass is 563 g/mol. The van der Waals surface area contributed by atoms with Crippen LogP contribution in [0.25, 0.3) is 0 Å². The molecule has 2 saturated heterocycles. The van der Waals surface area contributed by atoms with E-state index in [9.17, 15) is 14.0 Å². The number of benzene rings is 1. The summed E-state index contributed by atoms with van der Waals surface area (Å²) in [4.78, 5) is 18.6. The molecule has 8 nitrogen and oxygen atoms in total. The zero-order chi connectivity index (χ0) is 28.5. The van der Waals surface area contributed by atoms with Crippen LogP contribution in [0.15, 0.2) is 24.2 Å². The van der Waals surface area contributed by atoms with E-state index in [2.05, 4.69) is 27.8 Å². The number of likely N-dealkylation sites (N-methyl/N-ethyl adjacent to an activating group) is 1. The molecule has 2 atom stereocenters. The van der Waals surface area contributed by atoms with Crippen molar-refractivity contribution in [2.24, 2.45) is 0 Å². The van der Waals surface area contributed by atoms with Gasteiger partial charge in [-0.05, 0) is 82.3 Å². The van der Waals surface area contributed by atoms with Gasteiger partial charge in [0.25, 0.3) is 0 Å². The molecule has 3 aliphatic heterocycles. The Hall–Kier alpha value is -3.45. The van der Waals surface area contributed by atoms with Crippen molar-refractivity contribution in [3.05, 3.63) is 52.4 Å². The van der Waals surface area contributed by atoms with Crippen LogP contribution < -0.4 is 14.5 Å². The summed E-state index contributed by atoms with van der Waals surface area (Å²) in [6.07, 6.45) is 7.75. The number of aromatic nitrogens is 2. The predicted octanol–water partition coefficient (Wildman–Crippen LogP) is 4.38. The Labute approximate surface area is 241 Å². The summed E-state index contributed by atoms with van der Waals surface area (Å²) in [5, 5.41) is 9.49. The number of likely N-dealkylation sites (tertiary alicyclic amines) is 1. The second kappa shape index (κ2) is 11.8. The summed E-state index contributed by atoms with van der Waals surface area (Å²) in [5.74, 6) is 0.397. The summed E-state index contributed by atoms with van der Waals surface area (Å²) < 4.78 is 34.6. The highest BCUT2D eigenvalue weighted by molar-refractivity contribution is 5.61. The van der Waals surface area contributed by atoms with E-state index in [1.165, 1.54) is 18.7 Å². The van der Waals surface area contributed by atoms with Crippen LogP contribution in [0, 0.1) is 17.1 Å². The summed E-state index contributed by atoms with van der Waals surface area (Å²) in [6, 6.07) is 6.20. The van der Waals surface area contributed by atoms with Gasteiger partial charge in [-0.25, -0.2) is 8.78 Å². The smallest absolute Gasteiger partial charge is 0.318 e. The molecular weight excluding hydrogens is 524 g/mol. The van der Waals surface area contributed by atoms with Crippen molar-refractivity contribution in [1.82, 2.24) is 19.8 Å². The quantitative estimate of drug-likeness (QED) is 0.492. The van der Waals surface area contributed by atoms with Gasteiger partial charge in [0.1, 0.15) is 24.1 Å². The molecule has 0 spiro atoms. The van der Waals surface area contributed by atoms with Crippen LogP contribution in [-0.2, 0) is 25.8 Å². The third-order valence-electron chi connectivity index (χ3n) is 9.09. The molecule has 4 heterocycles. The number of aryl methyl sites for hydroxylation is 1. The maximum Gasteiger partial charge on any atom is 0.318 e. The number of hydrogen-bond acceptors (Lipinski definition) is 8. The van der Waals surface area contributed by atoms with Crippen molar-refractivity contribution in [2.45, 2.75) is 70.5 Å². The van der Waals surface area contributed by atoms with E-state index >= 15 is 0 Å². The molecule has 2 fully saturated rings. The van der Waals surface area contributed by atoms with Crippen LogP contribution in [0.2, 0.25) is 0 Å². The number of allylic oxidation sites excluding steroid dienone is 1. The van der Waals surface area contributed by atoms with Crippen molar-refractivity contribution in [2.75, 3.05) is 56.2 Å². The van der Waals surface area contributed by atoms with E-state index in [-0.39, 0.29) is 17.7 Å². The van der Waals surface area contributed by atoms with Crippen molar-refractivity contribution in [1.29, 1.82) is 5.26 Å². The minimum atomic E-state index is -0.266. The molecule has 0 N–H and O–H groups in total. The molecule has 1 aromatic heterocycles. The molecule has 0 saturated carbocycles. The van der Waals surface area contributed by atoms with Gasteiger partial charge in [0, 0.05) is 49.7 Å². The highest BCUT2D eigenvalue weighted by Gasteiger charge is 2.32. The van der Waals surface area contributed by atoms with Crippen molar-refractivity contribution in [3.8, 4) is 12.1 Å². The number of anilines is 2. The second-order valence-corrected chi connectivity index (χ2v) is 11.8. The number of rotatable bonds is 7. The van der Waals surface area contributed by atoms with Gasteiger partial charge in [0.2, 0.25) is 0 Å². The minimum absolute atomic E-state index is 0.142. The number of hydrogen-bond donors (Lipinski definition) is 0. The van der Waals surface area contributed by atoms with Crippen LogP contribution in [0.1, 0.15) is 55.0 Å². The third-order valence-corrected chi connectivity index (χ3v) is 9.09. The van der Waals surface area contributed by atoms with Gasteiger partial charge in [-0.15, -0.1) is 0 Å². The van der Waals surface area contributed by atoms with Gasteiger partial charge in [-0.2, -0.15) is 15.2 Å². The number of halogens is 2. The van der Waals surface area contributed by atoms with Crippen LogP contribution in [-0.4, -0.2) is 78.2 Å². The molecule has 2 aromatic rings. The first-order chi connectivity index (χ1) is 19.9. The molecule has 0 bridgehead atoms. The highest BCUT2D eigenvalue weighted by atomic mass is 19.1. The number of fused-ring (bicyclic) bond motifs is 2. The molecular formula is C31H39F2N7O. The van der Waals surface area contributed by atoms with Crippen molar-refractivity contribution < 1.29 is 13.5 Å². The SMILES string of the molecule is CC(F)=CN1CCN(c2nc(OC[C@@H]3CCCN3C)nc3c2CCN(c2cc(F)cc4c2CCC4)C3)C[C@@H]1CC#N. The Morgan fingerprint density at radius 3 is 2.73 bits per heavy atom. The number of nitriles is 1. The molecule has 0 radical (unpaired) electrons. The summed E-state index contributed by atoms with van der Waals surface area (Å²) >= 11 is 0. The average Bonchev–Trinajstić information content (AvgIpc) is 3.60. The topological polar surface area (TPSA) is 71.8 Å². The van der Waals surface area contributed by atoms with Crippen LogP contribution in [0.3, 0.4) is 0 Å². The zero-order valence-corrected chi connectivity index (χ0v) is 24.1. The van der Waals surface area contributed by atoms with Gasteiger partial charge in [-0.1, -0.05) is 0 Å².